The molecule has 0 bridgehead atoms. The predicted octanol–water partition coefficient (Wildman–Crippen LogP) is 0.967. The fourth-order valence-electron chi connectivity index (χ4n) is 3.02. The van der Waals surface area contributed by atoms with Gasteiger partial charge < -0.3 is 25.4 Å². The van der Waals surface area contributed by atoms with Gasteiger partial charge in [0.25, 0.3) is 0 Å². The van der Waals surface area contributed by atoms with Crippen molar-refractivity contribution in [2.75, 3.05) is 34.4 Å². The van der Waals surface area contributed by atoms with Crippen LogP contribution in [0, 0.1) is 11.3 Å². The lowest BCUT2D eigenvalue weighted by molar-refractivity contribution is -0.139. The van der Waals surface area contributed by atoms with E-state index in [-0.39, 0.29) is 23.6 Å². The van der Waals surface area contributed by atoms with Gasteiger partial charge in [0, 0.05) is 12.2 Å². The topological polar surface area (TPSA) is 118 Å². The first-order valence-corrected chi connectivity index (χ1v) is 8.68. The summed E-state index contributed by atoms with van der Waals surface area (Å²) in [5, 5.41) is 12.4. The van der Waals surface area contributed by atoms with E-state index in [1.165, 1.54) is 7.11 Å². The predicted molar refractivity (Wildman–Crippen MR) is 102 cm³/mol. The third-order valence-corrected chi connectivity index (χ3v) is 4.38. The molecule has 1 atom stereocenters. The molecule has 1 aromatic rings. The van der Waals surface area contributed by atoms with Gasteiger partial charge in [-0.3, -0.25) is 0 Å². The number of esters is 2. The molecule has 0 saturated carbocycles. The Labute approximate surface area is 164 Å². The highest BCUT2D eigenvalue weighted by molar-refractivity contribution is 6.00. The zero-order valence-electron chi connectivity index (χ0n) is 16.4. The maximum Gasteiger partial charge on any atom is 0.338 e. The Kier molecular flexibility index (Phi) is 6.79. The first-order valence-electron chi connectivity index (χ1n) is 8.68. The minimum atomic E-state index is -0.878. The van der Waals surface area contributed by atoms with Crippen LogP contribution in [0.25, 0.3) is 0 Å². The van der Waals surface area contributed by atoms with Crippen LogP contribution in [0.2, 0.25) is 0 Å². The molecular formula is C20H24N4O4. The summed E-state index contributed by atoms with van der Waals surface area (Å²) in [4.78, 5) is 27.3. The van der Waals surface area contributed by atoms with Gasteiger partial charge in [0.2, 0.25) is 0 Å². The van der Waals surface area contributed by atoms with Crippen molar-refractivity contribution in [2.45, 2.75) is 12.8 Å². The highest BCUT2D eigenvalue weighted by Crippen LogP contribution is 2.39. The number of benzene rings is 1. The number of likely N-dealkylation sites (N-methyl/N-ethyl adjacent to an activating group) is 1. The average molecular weight is 384 g/mol. The van der Waals surface area contributed by atoms with Crippen LogP contribution in [0.1, 0.15) is 24.0 Å². The van der Waals surface area contributed by atoms with Crippen molar-refractivity contribution in [3.8, 4) is 6.07 Å². The third kappa shape index (κ3) is 4.32. The van der Waals surface area contributed by atoms with E-state index in [0.29, 0.717) is 23.4 Å². The number of dihydropyridines is 1. The van der Waals surface area contributed by atoms with Crippen LogP contribution in [-0.2, 0) is 19.1 Å². The van der Waals surface area contributed by atoms with Crippen molar-refractivity contribution in [1.82, 2.24) is 10.2 Å². The molecule has 1 aliphatic heterocycles. The molecule has 28 heavy (non-hydrogen) atoms. The van der Waals surface area contributed by atoms with Crippen LogP contribution in [-0.4, -0.2) is 51.2 Å². The number of ether oxygens (including phenoxy) is 2. The standard InChI is InChI=1S/C20H24N4O4/c1-12-15(20(26)28-10-9-24(2)3)16(14-8-6-5-7-13(14)11-21)17(18(22)23-12)19(25)27-4/h5-8,16,23H,9-10,22H2,1-4H3. The normalized spacial score (nSPS) is 16.5. The maximum atomic E-state index is 12.9. The Bertz CT molecular complexity index is 880. The lowest BCUT2D eigenvalue weighted by atomic mass is 9.79. The van der Waals surface area contributed by atoms with Gasteiger partial charge in [0.1, 0.15) is 12.4 Å². The molecule has 148 valence electrons. The smallest absolute Gasteiger partial charge is 0.338 e. The fourth-order valence-corrected chi connectivity index (χ4v) is 3.02. The average Bonchev–Trinajstić information content (AvgIpc) is 2.66. The number of allylic oxidation sites excluding steroid dienone is 1. The minimum Gasteiger partial charge on any atom is -0.466 e. The first-order chi connectivity index (χ1) is 13.3. The van der Waals surface area contributed by atoms with Crippen molar-refractivity contribution in [3.63, 3.8) is 0 Å². The second-order valence-corrected chi connectivity index (χ2v) is 6.55. The number of hydrogen-bond donors (Lipinski definition) is 2. The molecule has 1 unspecified atom stereocenters. The Morgan fingerprint density at radius 1 is 1.25 bits per heavy atom. The van der Waals surface area contributed by atoms with Crippen LogP contribution < -0.4 is 11.1 Å². The Morgan fingerprint density at radius 2 is 1.93 bits per heavy atom. The van der Waals surface area contributed by atoms with Crippen LogP contribution in [0.4, 0.5) is 0 Å². The molecule has 0 amide bonds. The fraction of sp³-hybridized carbons (Fsp3) is 0.350. The second-order valence-electron chi connectivity index (χ2n) is 6.55. The molecule has 0 aliphatic carbocycles. The van der Waals surface area contributed by atoms with E-state index in [9.17, 15) is 14.9 Å². The van der Waals surface area contributed by atoms with Gasteiger partial charge in [-0.05, 0) is 32.6 Å². The molecule has 1 heterocycles. The number of methoxy groups -OCH3 is 1. The molecule has 8 nitrogen and oxygen atoms in total. The zero-order valence-corrected chi connectivity index (χ0v) is 16.4. The summed E-state index contributed by atoms with van der Waals surface area (Å²) in [6.45, 7) is 2.40. The Hall–Kier alpha value is -3.31. The lowest BCUT2D eigenvalue weighted by Gasteiger charge is -2.30. The zero-order chi connectivity index (χ0) is 20.8. The van der Waals surface area contributed by atoms with Crippen molar-refractivity contribution in [2.24, 2.45) is 5.73 Å². The van der Waals surface area contributed by atoms with Gasteiger partial charge >= 0.3 is 11.9 Å². The maximum absolute atomic E-state index is 12.9. The second kappa shape index (κ2) is 9.06. The van der Waals surface area contributed by atoms with Crippen LogP contribution >= 0.6 is 0 Å². The molecular weight excluding hydrogens is 360 g/mol. The van der Waals surface area contributed by atoms with Gasteiger partial charge in [-0.25, -0.2) is 9.59 Å². The summed E-state index contributed by atoms with van der Waals surface area (Å²) in [6.07, 6.45) is 0. The number of nitrogens with zero attached hydrogens (tertiary/aromatic N) is 2. The summed E-state index contributed by atoms with van der Waals surface area (Å²) < 4.78 is 10.3. The molecule has 0 spiro atoms. The van der Waals surface area contributed by atoms with Crippen molar-refractivity contribution >= 4 is 11.9 Å². The summed E-state index contributed by atoms with van der Waals surface area (Å²) in [7, 11) is 4.96. The summed E-state index contributed by atoms with van der Waals surface area (Å²) in [5.41, 5.74) is 7.61. The molecule has 8 heteroatoms. The molecule has 1 aromatic carbocycles. The lowest BCUT2D eigenvalue weighted by Crippen LogP contribution is -2.36. The number of nitrogens with two attached hydrogens (primary N) is 1. The molecule has 0 saturated heterocycles. The summed E-state index contributed by atoms with van der Waals surface area (Å²) >= 11 is 0. The summed E-state index contributed by atoms with van der Waals surface area (Å²) in [5.74, 6) is -2.07. The number of carbonyl (C=O) groups is 2. The minimum absolute atomic E-state index is 0.0651. The SMILES string of the molecule is COC(=O)C1=C(N)NC(C)=C(C(=O)OCCN(C)C)C1c1ccccc1C#N. The number of nitriles is 1. The van der Waals surface area contributed by atoms with E-state index >= 15 is 0 Å². The van der Waals surface area contributed by atoms with Crippen molar-refractivity contribution in [3.05, 3.63) is 58.1 Å². The van der Waals surface area contributed by atoms with E-state index in [1.807, 2.05) is 19.0 Å². The monoisotopic (exact) mass is 384 g/mol. The number of nitrogens with one attached hydrogen (secondary N) is 1. The van der Waals surface area contributed by atoms with E-state index < -0.39 is 17.9 Å². The van der Waals surface area contributed by atoms with E-state index in [4.69, 9.17) is 15.2 Å². The van der Waals surface area contributed by atoms with Gasteiger partial charge in [-0.1, -0.05) is 18.2 Å². The Morgan fingerprint density at radius 3 is 2.54 bits per heavy atom. The number of carbonyl (C=O) groups excluding carboxylic acids is 2. The molecule has 0 fully saturated rings. The van der Waals surface area contributed by atoms with Crippen molar-refractivity contribution in [1.29, 1.82) is 5.26 Å². The van der Waals surface area contributed by atoms with Gasteiger partial charge in [0.05, 0.1) is 35.8 Å². The molecule has 0 aromatic heterocycles. The highest BCUT2D eigenvalue weighted by atomic mass is 16.5. The Balaban J connectivity index is 2.57. The molecule has 0 radical (unpaired) electrons. The summed E-state index contributed by atoms with van der Waals surface area (Å²) in [6, 6.07) is 8.84. The first kappa shape index (κ1) is 21.0. The quantitative estimate of drug-likeness (QED) is 0.697. The van der Waals surface area contributed by atoms with Crippen LogP contribution in [0.15, 0.2) is 46.9 Å². The largest absolute Gasteiger partial charge is 0.466 e. The van der Waals surface area contributed by atoms with E-state index in [2.05, 4.69) is 11.4 Å². The highest BCUT2D eigenvalue weighted by Gasteiger charge is 2.39. The number of rotatable bonds is 6. The molecule has 2 rings (SSSR count). The van der Waals surface area contributed by atoms with Gasteiger partial charge in [-0.15, -0.1) is 0 Å². The van der Waals surface area contributed by atoms with E-state index in [1.54, 1.807) is 31.2 Å². The van der Waals surface area contributed by atoms with Crippen molar-refractivity contribution < 1.29 is 19.1 Å². The van der Waals surface area contributed by atoms with E-state index in [0.717, 1.165) is 0 Å². The molecule has 3 N–H and O–H groups in total. The van der Waals surface area contributed by atoms with Gasteiger partial charge in [0.15, 0.2) is 0 Å². The third-order valence-electron chi connectivity index (χ3n) is 4.38. The molecule has 1 aliphatic rings. The van der Waals surface area contributed by atoms with Crippen LogP contribution in [0.3, 0.4) is 0 Å². The van der Waals surface area contributed by atoms with Gasteiger partial charge in [-0.2, -0.15) is 5.26 Å². The van der Waals surface area contributed by atoms with Crippen LogP contribution in [0.5, 0.6) is 0 Å². The number of hydrogen-bond acceptors (Lipinski definition) is 8.